The maximum atomic E-state index is 11.9. The standard InChI is InChI=1S/C12H19F3N2O3/c1-8-4-7-17(9(8)10(18)19)11(20)16-6-3-2-5-12(13,14)15/h8-9H,2-7H2,1H3,(H,16,20)(H,18,19). The van der Waals surface area contributed by atoms with Gasteiger partial charge in [0.25, 0.3) is 0 Å². The summed E-state index contributed by atoms with van der Waals surface area (Å²) in [5, 5.41) is 11.5. The molecular weight excluding hydrogens is 277 g/mol. The Morgan fingerprint density at radius 1 is 1.35 bits per heavy atom. The number of likely N-dealkylation sites (tertiary alicyclic amines) is 1. The van der Waals surface area contributed by atoms with E-state index in [0.717, 1.165) is 0 Å². The Morgan fingerprint density at radius 3 is 2.55 bits per heavy atom. The largest absolute Gasteiger partial charge is 0.480 e. The zero-order valence-corrected chi connectivity index (χ0v) is 11.2. The van der Waals surface area contributed by atoms with Crippen LogP contribution >= 0.6 is 0 Å². The first-order valence-corrected chi connectivity index (χ1v) is 6.56. The molecule has 2 N–H and O–H groups in total. The summed E-state index contributed by atoms with van der Waals surface area (Å²) in [5.74, 6) is -1.18. The number of carbonyl (C=O) groups excluding carboxylic acids is 1. The number of aliphatic carboxylic acids is 1. The summed E-state index contributed by atoms with van der Waals surface area (Å²) in [4.78, 5) is 24.1. The Balaban J connectivity index is 2.31. The minimum Gasteiger partial charge on any atom is -0.480 e. The van der Waals surface area contributed by atoms with Crippen LogP contribution in [-0.2, 0) is 4.79 Å². The van der Waals surface area contributed by atoms with E-state index in [4.69, 9.17) is 5.11 Å². The lowest BCUT2D eigenvalue weighted by atomic mass is 10.0. The molecule has 2 atom stereocenters. The number of rotatable bonds is 5. The van der Waals surface area contributed by atoms with Gasteiger partial charge in [0.2, 0.25) is 0 Å². The molecule has 0 aromatic heterocycles. The van der Waals surface area contributed by atoms with Crippen molar-refractivity contribution in [2.75, 3.05) is 13.1 Å². The molecule has 0 aromatic carbocycles. The predicted molar refractivity (Wildman–Crippen MR) is 65.2 cm³/mol. The number of carbonyl (C=O) groups is 2. The summed E-state index contributed by atoms with van der Waals surface area (Å²) in [6.07, 6.45) is -4.28. The molecule has 0 aromatic rings. The SMILES string of the molecule is CC1CCN(C(=O)NCCCCC(F)(F)F)C1C(=O)O. The van der Waals surface area contributed by atoms with E-state index >= 15 is 0 Å². The molecule has 1 aliphatic heterocycles. The van der Waals surface area contributed by atoms with Gasteiger partial charge in [-0.25, -0.2) is 9.59 Å². The second-order valence-corrected chi connectivity index (χ2v) is 5.05. The summed E-state index contributed by atoms with van der Waals surface area (Å²) < 4.78 is 35.7. The van der Waals surface area contributed by atoms with Gasteiger partial charge in [-0.15, -0.1) is 0 Å². The Labute approximate surface area is 115 Å². The van der Waals surface area contributed by atoms with Gasteiger partial charge in [-0.2, -0.15) is 13.2 Å². The molecule has 0 saturated carbocycles. The zero-order chi connectivity index (χ0) is 15.3. The maximum absolute atomic E-state index is 11.9. The van der Waals surface area contributed by atoms with E-state index in [9.17, 15) is 22.8 Å². The molecule has 2 amide bonds. The number of amides is 2. The van der Waals surface area contributed by atoms with Crippen LogP contribution in [0.15, 0.2) is 0 Å². The van der Waals surface area contributed by atoms with Gasteiger partial charge in [0.05, 0.1) is 0 Å². The lowest BCUT2D eigenvalue weighted by Gasteiger charge is -2.23. The van der Waals surface area contributed by atoms with Gasteiger partial charge in [0, 0.05) is 19.5 Å². The van der Waals surface area contributed by atoms with Crippen molar-refractivity contribution in [3.8, 4) is 0 Å². The van der Waals surface area contributed by atoms with Gasteiger partial charge >= 0.3 is 18.2 Å². The van der Waals surface area contributed by atoms with Gasteiger partial charge in [0.1, 0.15) is 6.04 Å². The fourth-order valence-electron chi connectivity index (χ4n) is 2.30. The van der Waals surface area contributed by atoms with Crippen molar-refractivity contribution >= 4 is 12.0 Å². The van der Waals surface area contributed by atoms with Crippen molar-refractivity contribution in [3.05, 3.63) is 0 Å². The number of urea groups is 1. The van der Waals surface area contributed by atoms with Crippen LogP contribution in [-0.4, -0.2) is 47.3 Å². The summed E-state index contributed by atoms with van der Waals surface area (Å²) in [6, 6.07) is -1.38. The molecule has 1 aliphatic rings. The molecular formula is C12H19F3N2O3. The van der Waals surface area contributed by atoms with E-state index in [0.29, 0.717) is 13.0 Å². The van der Waals surface area contributed by atoms with E-state index < -0.39 is 30.6 Å². The Hall–Kier alpha value is -1.47. The van der Waals surface area contributed by atoms with Crippen molar-refractivity contribution in [2.24, 2.45) is 5.92 Å². The Morgan fingerprint density at radius 2 is 2.00 bits per heavy atom. The van der Waals surface area contributed by atoms with Gasteiger partial charge < -0.3 is 15.3 Å². The number of halogens is 3. The van der Waals surface area contributed by atoms with E-state index in [1.54, 1.807) is 6.92 Å². The zero-order valence-electron chi connectivity index (χ0n) is 11.2. The molecule has 1 heterocycles. The normalized spacial score (nSPS) is 22.9. The average molecular weight is 296 g/mol. The molecule has 20 heavy (non-hydrogen) atoms. The molecule has 0 radical (unpaired) electrons. The second kappa shape index (κ2) is 6.81. The molecule has 0 spiro atoms. The summed E-state index contributed by atoms with van der Waals surface area (Å²) >= 11 is 0. The monoisotopic (exact) mass is 296 g/mol. The van der Waals surface area contributed by atoms with Gasteiger partial charge in [0.15, 0.2) is 0 Å². The molecule has 1 fully saturated rings. The number of nitrogens with zero attached hydrogens (tertiary/aromatic N) is 1. The van der Waals surface area contributed by atoms with Crippen LogP contribution in [0.5, 0.6) is 0 Å². The van der Waals surface area contributed by atoms with Crippen molar-refractivity contribution in [1.82, 2.24) is 10.2 Å². The third-order valence-corrected chi connectivity index (χ3v) is 3.38. The number of nitrogens with one attached hydrogen (secondary N) is 1. The fourth-order valence-corrected chi connectivity index (χ4v) is 2.30. The highest BCUT2D eigenvalue weighted by atomic mass is 19.4. The van der Waals surface area contributed by atoms with Crippen LogP contribution in [0.3, 0.4) is 0 Å². The van der Waals surface area contributed by atoms with E-state index in [-0.39, 0.29) is 25.3 Å². The highest BCUT2D eigenvalue weighted by Crippen LogP contribution is 2.24. The third kappa shape index (κ3) is 4.90. The summed E-state index contributed by atoms with van der Waals surface area (Å²) in [5.41, 5.74) is 0. The molecule has 0 aliphatic carbocycles. The van der Waals surface area contributed by atoms with Gasteiger partial charge in [-0.3, -0.25) is 0 Å². The summed E-state index contributed by atoms with van der Waals surface area (Å²) in [6.45, 7) is 2.23. The Bertz CT molecular complexity index is 360. The number of hydrogen-bond acceptors (Lipinski definition) is 2. The Kier molecular flexibility index (Phi) is 5.64. The maximum Gasteiger partial charge on any atom is 0.389 e. The molecule has 5 nitrogen and oxygen atoms in total. The molecule has 116 valence electrons. The highest BCUT2D eigenvalue weighted by molar-refractivity contribution is 5.83. The third-order valence-electron chi connectivity index (χ3n) is 3.38. The predicted octanol–water partition coefficient (Wildman–Crippen LogP) is 2.22. The first-order valence-electron chi connectivity index (χ1n) is 6.56. The molecule has 2 unspecified atom stereocenters. The number of carboxylic acids is 1. The quantitative estimate of drug-likeness (QED) is 0.764. The second-order valence-electron chi connectivity index (χ2n) is 5.05. The minimum atomic E-state index is -4.18. The number of alkyl halides is 3. The molecule has 8 heteroatoms. The molecule has 1 rings (SSSR count). The summed E-state index contributed by atoms with van der Waals surface area (Å²) in [7, 11) is 0. The first kappa shape index (κ1) is 16.6. The number of unbranched alkanes of at least 4 members (excludes halogenated alkanes) is 1. The number of carboxylic acid groups (broad SMARTS) is 1. The van der Waals surface area contributed by atoms with Crippen LogP contribution in [0.2, 0.25) is 0 Å². The van der Waals surface area contributed by atoms with Gasteiger partial charge in [-0.1, -0.05) is 6.92 Å². The van der Waals surface area contributed by atoms with Gasteiger partial charge in [-0.05, 0) is 25.2 Å². The van der Waals surface area contributed by atoms with Crippen molar-refractivity contribution < 1.29 is 27.9 Å². The van der Waals surface area contributed by atoms with Crippen LogP contribution in [0, 0.1) is 5.92 Å². The highest BCUT2D eigenvalue weighted by Gasteiger charge is 2.39. The van der Waals surface area contributed by atoms with Crippen LogP contribution in [0.4, 0.5) is 18.0 Å². The van der Waals surface area contributed by atoms with Crippen LogP contribution in [0.1, 0.15) is 32.6 Å². The molecule has 1 saturated heterocycles. The van der Waals surface area contributed by atoms with Crippen LogP contribution < -0.4 is 5.32 Å². The van der Waals surface area contributed by atoms with Crippen LogP contribution in [0.25, 0.3) is 0 Å². The van der Waals surface area contributed by atoms with E-state index in [1.807, 2.05) is 0 Å². The lowest BCUT2D eigenvalue weighted by molar-refractivity contribution is -0.142. The minimum absolute atomic E-state index is 0.0530. The van der Waals surface area contributed by atoms with E-state index in [1.165, 1.54) is 4.90 Å². The molecule has 0 bridgehead atoms. The number of hydrogen-bond donors (Lipinski definition) is 2. The average Bonchev–Trinajstić information content (AvgIpc) is 2.69. The van der Waals surface area contributed by atoms with E-state index in [2.05, 4.69) is 5.32 Å². The van der Waals surface area contributed by atoms with Crippen molar-refractivity contribution in [2.45, 2.75) is 44.8 Å². The first-order chi connectivity index (χ1) is 9.22. The van der Waals surface area contributed by atoms with Crippen molar-refractivity contribution in [3.63, 3.8) is 0 Å². The topological polar surface area (TPSA) is 69.6 Å². The fraction of sp³-hybridized carbons (Fsp3) is 0.833. The van der Waals surface area contributed by atoms with Crippen molar-refractivity contribution in [1.29, 1.82) is 0 Å². The smallest absolute Gasteiger partial charge is 0.389 e. The lowest BCUT2D eigenvalue weighted by Crippen LogP contribution is -2.47.